The van der Waals surface area contributed by atoms with Crippen LogP contribution in [0.2, 0.25) is 0 Å². The highest BCUT2D eigenvalue weighted by Gasteiger charge is 2.46. The van der Waals surface area contributed by atoms with Crippen LogP contribution in [0.15, 0.2) is 30.3 Å². The third-order valence-electron chi connectivity index (χ3n) is 9.49. The number of carbonyl (C=O) groups excluding carboxylic acids is 2. The highest BCUT2D eigenvalue weighted by molar-refractivity contribution is 5.78. The van der Waals surface area contributed by atoms with E-state index in [4.69, 9.17) is 4.74 Å². The summed E-state index contributed by atoms with van der Waals surface area (Å²) in [6.07, 6.45) is 9.84. The van der Waals surface area contributed by atoms with E-state index in [2.05, 4.69) is 52.0 Å². The van der Waals surface area contributed by atoms with Crippen LogP contribution in [0.5, 0.6) is 0 Å². The Morgan fingerprint density at radius 1 is 0.895 bits per heavy atom. The fourth-order valence-corrected chi connectivity index (χ4v) is 7.18. The zero-order valence-corrected chi connectivity index (χ0v) is 24.0. The number of hydrogen-bond donors (Lipinski definition) is 0. The normalized spacial score (nSPS) is 26.2. The molecule has 0 unspecified atom stereocenters. The molecule has 3 aliphatic heterocycles. The number of likely N-dealkylation sites (tertiary alicyclic amines) is 2. The molecule has 1 aliphatic carbocycles. The molecule has 0 radical (unpaired) electrons. The standard InChI is InChI=1S/C31H48N4O3/c1-30(2,3)38-29(37)32-21-17-31(4,18-22-32)33-19-15-26(16-20-33)35-27(24-11-7-5-8-12-24)23-34(28(35)36)25-13-9-6-10-14-25/h5,7-8,11-12,25-27H,6,9-10,13-23H2,1-4H3/t27-/m0/s1. The van der Waals surface area contributed by atoms with Gasteiger partial charge in [-0.3, -0.25) is 4.90 Å². The second kappa shape index (κ2) is 11.1. The van der Waals surface area contributed by atoms with E-state index in [-0.39, 0.29) is 29.7 Å². The maximum atomic E-state index is 13.9. The van der Waals surface area contributed by atoms with Crippen LogP contribution in [-0.4, -0.2) is 87.7 Å². The van der Waals surface area contributed by atoms with Crippen molar-refractivity contribution in [3.8, 4) is 0 Å². The van der Waals surface area contributed by atoms with Gasteiger partial charge in [0.1, 0.15) is 5.60 Å². The van der Waals surface area contributed by atoms with Crippen molar-refractivity contribution in [3.63, 3.8) is 0 Å². The first kappa shape index (κ1) is 27.3. The van der Waals surface area contributed by atoms with Crippen molar-refractivity contribution >= 4 is 12.1 Å². The van der Waals surface area contributed by atoms with E-state index < -0.39 is 5.60 Å². The van der Waals surface area contributed by atoms with Crippen molar-refractivity contribution in [3.05, 3.63) is 35.9 Å². The van der Waals surface area contributed by atoms with Gasteiger partial charge in [-0.25, -0.2) is 9.59 Å². The highest BCUT2D eigenvalue weighted by atomic mass is 16.6. The van der Waals surface area contributed by atoms with Crippen LogP contribution in [0.25, 0.3) is 0 Å². The Hall–Kier alpha value is -2.28. The van der Waals surface area contributed by atoms with Gasteiger partial charge in [0.15, 0.2) is 0 Å². The number of urea groups is 1. The lowest BCUT2D eigenvalue weighted by molar-refractivity contribution is -0.0135. The van der Waals surface area contributed by atoms with Crippen LogP contribution >= 0.6 is 0 Å². The van der Waals surface area contributed by atoms with Gasteiger partial charge < -0.3 is 19.4 Å². The zero-order valence-electron chi connectivity index (χ0n) is 24.0. The molecule has 1 saturated carbocycles. The maximum Gasteiger partial charge on any atom is 0.410 e. The Labute approximate surface area is 229 Å². The molecule has 38 heavy (non-hydrogen) atoms. The molecule has 7 nitrogen and oxygen atoms in total. The first-order chi connectivity index (χ1) is 18.1. The van der Waals surface area contributed by atoms with E-state index in [0.29, 0.717) is 6.04 Å². The summed E-state index contributed by atoms with van der Waals surface area (Å²) in [5, 5.41) is 0. The molecule has 4 fully saturated rings. The molecule has 1 aromatic carbocycles. The molecule has 1 aromatic rings. The number of benzene rings is 1. The summed E-state index contributed by atoms with van der Waals surface area (Å²) in [7, 11) is 0. The third kappa shape index (κ3) is 5.83. The van der Waals surface area contributed by atoms with Crippen molar-refractivity contribution in [2.45, 2.75) is 115 Å². The summed E-state index contributed by atoms with van der Waals surface area (Å²) in [6.45, 7) is 12.4. The topological polar surface area (TPSA) is 56.3 Å². The van der Waals surface area contributed by atoms with Gasteiger partial charge in [0.2, 0.25) is 0 Å². The van der Waals surface area contributed by atoms with Gasteiger partial charge in [0, 0.05) is 50.3 Å². The smallest absolute Gasteiger partial charge is 0.410 e. The van der Waals surface area contributed by atoms with E-state index in [9.17, 15) is 9.59 Å². The van der Waals surface area contributed by atoms with Crippen molar-refractivity contribution in [1.29, 1.82) is 0 Å². The number of nitrogens with zero attached hydrogens (tertiary/aromatic N) is 4. The molecule has 5 rings (SSSR count). The van der Waals surface area contributed by atoms with Gasteiger partial charge >= 0.3 is 12.1 Å². The Bertz CT molecular complexity index is 955. The van der Waals surface area contributed by atoms with Crippen molar-refractivity contribution < 1.29 is 14.3 Å². The van der Waals surface area contributed by atoms with Crippen LogP contribution in [0.1, 0.15) is 97.1 Å². The summed E-state index contributed by atoms with van der Waals surface area (Å²) in [6, 6.07) is 11.8. The van der Waals surface area contributed by atoms with E-state index in [1.54, 1.807) is 0 Å². The van der Waals surface area contributed by atoms with Gasteiger partial charge in [0.05, 0.1) is 6.04 Å². The summed E-state index contributed by atoms with van der Waals surface area (Å²) in [5.41, 5.74) is 0.894. The molecular formula is C31H48N4O3. The maximum absolute atomic E-state index is 13.9. The van der Waals surface area contributed by atoms with E-state index in [1.807, 2.05) is 25.7 Å². The monoisotopic (exact) mass is 524 g/mol. The van der Waals surface area contributed by atoms with Gasteiger partial charge in [-0.05, 0) is 71.8 Å². The number of ether oxygens (including phenoxy) is 1. The Morgan fingerprint density at radius 3 is 2.13 bits per heavy atom. The molecule has 210 valence electrons. The minimum atomic E-state index is -0.461. The summed E-state index contributed by atoms with van der Waals surface area (Å²) in [4.78, 5) is 35.5. The summed E-state index contributed by atoms with van der Waals surface area (Å²) >= 11 is 0. The summed E-state index contributed by atoms with van der Waals surface area (Å²) < 4.78 is 5.60. The second-order valence-electron chi connectivity index (χ2n) is 13.2. The lowest BCUT2D eigenvalue weighted by atomic mass is 9.85. The lowest BCUT2D eigenvalue weighted by Gasteiger charge is -2.50. The average Bonchev–Trinajstić information content (AvgIpc) is 3.26. The number of piperidine rings is 2. The number of carbonyl (C=O) groups is 2. The average molecular weight is 525 g/mol. The zero-order chi connectivity index (χ0) is 26.9. The van der Waals surface area contributed by atoms with Crippen molar-refractivity contribution in [1.82, 2.24) is 19.6 Å². The molecule has 0 spiro atoms. The van der Waals surface area contributed by atoms with Crippen LogP contribution in [0.3, 0.4) is 0 Å². The molecular weight excluding hydrogens is 476 g/mol. The molecule has 0 N–H and O–H groups in total. The molecule has 4 aliphatic rings. The largest absolute Gasteiger partial charge is 0.444 e. The molecule has 1 atom stereocenters. The quantitative estimate of drug-likeness (QED) is 0.481. The van der Waals surface area contributed by atoms with Crippen molar-refractivity contribution in [2.75, 3.05) is 32.7 Å². The van der Waals surface area contributed by atoms with Crippen LogP contribution in [-0.2, 0) is 4.74 Å². The number of amides is 3. The van der Waals surface area contributed by atoms with Gasteiger partial charge in [-0.1, -0.05) is 49.6 Å². The predicted octanol–water partition coefficient (Wildman–Crippen LogP) is 6.05. The first-order valence-corrected chi connectivity index (χ1v) is 15.0. The lowest BCUT2D eigenvalue weighted by Crippen LogP contribution is -2.58. The van der Waals surface area contributed by atoms with Crippen molar-refractivity contribution in [2.24, 2.45) is 0 Å². The fourth-order valence-electron chi connectivity index (χ4n) is 7.18. The van der Waals surface area contributed by atoms with E-state index >= 15 is 0 Å². The number of hydrogen-bond acceptors (Lipinski definition) is 4. The van der Waals surface area contributed by atoms with Gasteiger partial charge in [-0.2, -0.15) is 0 Å². The van der Waals surface area contributed by atoms with Crippen LogP contribution in [0.4, 0.5) is 9.59 Å². The summed E-state index contributed by atoms with van der Waals surface area (Å²) in [5.74, 6) is 0. The van der Waals surface area contributed by atoms with E-state index in [0.717, 1.165) is 71.2 Å². The van der Waals surface area contributed by atoms with E-state index in [1.165, 1.54) is 24.8 Å². The van der Waals surface area contributed by atoms with Gasteiger partial charge in [-0.15, -0.1) is 0 Å². The minimum absolute atomic E-state index is 0.0888. The fraction of sp³-hybridized carbons (Fsp3) is 0.742. The highest BCUT2D eigenvalue weighted by Crippen LogP contribution is 2.39. The molecule has 3 saturated heterocycles. The molecule has 3 heterocycles. The predicted molar refractivity (Wildman–Crippen MR) is 150 cm³/mol. The minimum Gasteiger partial charge on any atom is -0.444 e. The molecule has 3 amide bonds. The van der Waals surface area contributed by atoms with Gasteiger partial charge in [0.25, 0.3) is 0 Å². The Kier molecular flexibility index (Phi) is 7.95. The SMILES string of the molecule is CC(C)(C)OC(=O)N1CCC(C)(N2CCC(N3C(=O)N(C4CCCCC4)C[C@H]3c3ccccc3)CC2)CC1. The number of rotatable bonds is 4. The molecule has 0 bridgehead atoms. The second-order valence-corrected chi connectivity index (χ2v) is 13.2. The third-order valence-corrected chi connectivity index (χ3v) is 9.49. The Balaban J connectivity index is 1.22. The molecule has 7 heteroatoms. The first-order valence-electron chi connectivity index (χ1n) is 15.0. The Morgan fingerprint density at radius 2 is 1.53 bits per heavy atom. The molecule has 0 aromatic heterocycles. The van der Waals surface area contributed by atoms with Crippen LogP contribution < -0.4 is 0 Å². The van der Waals surface area contributed by atoms with Crippen LogP contribution in [0, 0.1) is 0 Å².